The number of hydrogen-bond acceptors (Lipinski definition) is 4. The number of likely N-dealkylation sites (tertiary alicyclic amines) is 1. The minimum absolute atomic E-state index is 0. The van der Waals surface area contributed by atoms with E-state index in [-0.39, 0.29) is 36.6 Å². The second-order valence-corrected chi connectivity index (χ2v) is 7.55. The minimum Gasteiger partial charge on any atom is -0.351 e. The molecule has 1 saturated heterocycles. The molecule has 0 atom stereocenters. The second kappa shape index (κ2) is 11.6. The summed E-state index contributed by atoms with van der Waals surface area (Å²) < 4.78 is 0. The predicted octanol–water partition coefficient (Wildman–Crippen LogP) is 2.24. The Morgan fingerprint density at radius 2 is 1.57 bits per heavy atom. The number of nitrogens with zero attached hydrogens (tertiary/aromatic N) is 1. The van der Waals surface area contributed by atoms with Gasteiger partial charge in [-0.15, -0.1) is 24.8 Å². The standard InChI is InChI=1S/C20H30N4O2.2ClH/c21-20(9-1-2-10-20)19(26)23-15-16-5-7-17(8-6-16)18(25)22-11-14-24-12-3-4-13-24;;/h5-8H,1-4,9-15,21H2,(H,22,25)(H,23,26);2*1H. The van der Waals surface area contributed by atoms with Crippen LogP contribution in [0.25, 0.3) is 0 Å². The topological polar surface area (TPSA) is 87.5 Å². The Kier molecular flexibility index (Phi) is 10.2. The SMILES string of the molecule is Cl.Cl.NC1(C(=O)NCc2ccc(C(=O)NCCN3CCCC3)cc2)CCCC1. The summed E-state index contributed by atoms with van der Waals surface area (Å²) in [6.07, 6.45) is 6.08. The minimum atomic E-state index is -0.699. The van der Waals surface area contributed by atoms with E-state index >= 15 is 0 Å². The zero-order chi connectivity index (χ0) is 18.4. The van der Waals surface area contributed by atoms with Crippen LogP contribution in [0.5, 0.6) is 0 Å². The van der Waals surface area contributed by atoms with E-state index in [1.165, 1.54) is 12.8 Å². The quantitative estimate of drug-likeness (QED) is 0.618. The summed E-state index contributed by atoms with van der Waals surface area (Å²) in [5.41, 5.74) is 7.07. The molecular formula is C20H32Cl2N4O2. The third-order valence-corrected chi connectivity index (χ3v) is 5.53. The molecule has 0 radical (unpaired) electrons. The first kappa shape index (κ1) is 24.7. The van der Waals surface area contributed by atoms with Crippen LogP contribution >= 0.6 is 24.8 Å². The van der Waals surface area contributed by atoms with E-state index in [1.807, 2.05) is 12.1 Å². The molecule has 0 bridgehead atoms. The van der Waals surface area contributed by atoms with Gasteiger partial charge in [-0.1, -0.05) is 25.0 Å². The highest BCUT2D eigenvalue weighted by Gasteiger charge is 2.36. The zero-order valence-electron chi connectivity index (χ0n) is 16.2. The van der Waals surface area contributed by atoms with Crippen LogP contribution in [0.4, 0.5) is 0 Å². The zero-order valence-corrected chi connectivity index (χ0v) is 17.9. The highest BCUT2D eigenvalue weighted by Crippen LogP contribution is 2.27. The van der Waals surface area contributed by atoms with Crippen LogP contribution in [0.1, 0.15) is 54.4 Å². The fourth-order valence-corrected chi connectivity index (χ4v) is 3.80. The van der Waals surface area contributed by atoms with Crippen molar-refractivity contribution >= 4 is 36.6 Å². The van der Waals surface area contributed by atoms with Gasteiger partial charge in [0.1, 0.15) is 0 Å². The molecule has 1 heterocycles. The molecule has 3 rings (SSSR count). The van der Waals surface area contributed by atoms with Crippen molar-refractivity contribution in [1.82, 2.24) is 15.5 Å². The number of nitrogens with two attached hydrogens (primary N) is 1. The number of hydrogen-bond donors (Lipinski definition) is 3. The van der Waals surface area contributed by atoms with Crippen molar-refractivity contribution in [3.05, 3.63) is 35.4 Å². The first-order valence-corrected chi connectivity index (χ1v) is 9.73. The fraction of sp³-hybridized carbons (Fsp3) is 0.600. The van der Waals surface area contributed by atoms with Gasteiger partial charge in [0.05, 0.1) is 5.54 Å². The molecule has 8 heteroatoms. The van der Waals surface area contributed by atoms with Crippen LogP contribution in [0, 0.1) is 0 Å². The molecule has 0 spiro atoms. The average Bonchev–Trinajstić information content (AvgIpc) is 3.32. The summed E-state index contributed by atoms with van der Waals surface area (Å²) in [5.74, 6) is -0.120. The van der Waals surface area contributed by atoms with E-state index in [9.17, 15) is 9.59 Å². The Morgan fingerprint density at radius 1 is 0.964 bits per heavy atom. The molecule has 2 amide bonds. The van der Waals surface area contributed by atoms with E-state index in [0.717, 1.165) is 50.9 Å². The molecule has 1 aliphatic carbocycles. The maximum absolute atomic E-state index is 12.2. The van der Waals surface area contributed by atoms with Crippen LogP contribution in [0.15, 0.2) is 24.3 Å². The van der Waals surface area contributed by atoms with Crippen LogP contribution in [-0.4, -0.2) is 48.4 Å². The molecular weight excluding hydrogens is 399 g/mol. The average molecular weight is 431 g/mol. The van der Waals surface area contributed by atoms with E-state index in [2.05, 4.69) is 15.5 Å². The molecule has 158 valence electrons. The van der Waals surface area contributed by atoms with E-state index < -0.39 is 5.54 Å². The molecule has 4 N–H and O–H groups in total. The lowest BCUT2D eigenvalue weighted by Gasteiger charge is -2.22. The van der Waals surface area contributed by atoms with Gasteiger partial charge in [-0.3, -0.25) is 9.59 Å². The lowest BCUT2D eigenvalue weighted by molar-refractivity contribution is -0.126. The number of carbonyl (C=O) groups excluding carboxylic acids is 2. The van der Waals surface area contributed by atoms with Gasteiger partial charge in [-0.2, -0.15) is 0 Å². The van der Waals surface area contributed by atoms with Gasteiger partial charge < -0.3 is 21.3 Å². The van der Waals surface area contributed by atoms with Crippen molar-refractivity contribution in [1.29, 1.82) is 0 Å². The van der Waals surface area contributed by atoms with Crippen LogP contribution in [-0.2, 0) is 11.3 Å². The predicted molar refractivity (Wildman–Crippen MR) is 116 cm³/mol. The third kappa shape index (κ3) is 6.62. The molecule has 0 aromatic heterocycles. The Hall–Kier alpha value is -1.34. The van der Waals surface area contributed by atoms with Crippen molar-refractivity contribution in [3.63, 3.8) is 0 Å². The summed E-state index contributed by atoms with van der Waals surface area (Å²) in [4.78, 5) is 26.8. The van der Waals surface area contributed by atoms with Crippen molar-refractivity contribution in [2.75, 3.05) is 26.2 Å². The summed E-state index contributed by atoms with van der Waals surface area (Å²) in [6, 6.07) is 7.38. The van der Waals surface area contributed by atoms with Crippen molar-refractivity contribution in [3.8, 4) is 0 Å². The van der Waals surface area contributed by atoms with Crippen LogP contribution < -0.4 is 16.4 Å². The maximum atomic E-state index is 12.2. The first-order chi connectivity index (χ1) is 12.6. The van der Waals surface area contributed by atoms with Crippen molar-refractivity contribution in [2.24, 2.45) is 5.73 Å². The van der Waals surface area contributed by atoms with Gasteiger partial charge in [0.15, 0.2) is 0 Å². The van der Waals surface area contributed by atoms with E-state index in [0.29, 0.717) is 18.7 Å². The lowest BCUT2D eigenvalue weighted by atomic mass is 9.98. The Labute approximate surface area is 179 Å². The normalized spacial score (nSPS) is 18.0. The number of carbonyl (C=O) groups is 2. The Morgan fingerprint density at radius 3 is 2.18 bits per heavy atom. The molecule has 1 aliphatic heterocycles. The molecule has 28 heavy (non-hydrogen) atoms. The third-order valence-electron chi connectivity index (χ3n) is 5.53. The van der Waals surface area contributed by atoms with Crippen molar-refractivity contribution < 1.29 is 9.59 Å². The molecule has 1 aromatic carbocycles. The van der Waals surface area contributed by atoms with Crippen molar-refractivity contribution in [2.45, 2.75) is 50.6 Å². The first-order valence-electron chi connectivity index (χ1n) is 9.73. The molecule has 6 nitrogen and oxygen atoms in total. The highest BCUT2D eigenvalue weighted by atomic mass is 35.5. The smallest absolute Gasteiger partial charge is 0.251 e. The lowest BCUT2D eigenvalue weighted by Crippen LogP contribution is -2.51. The van der Waals surface area contributed by atoms with Gasteiger partial charge in [0.2, 0.25) is 5.91 Å². The van der Waals surface area contributed by atoms with Gasteiger partial charge in [-0.05, 0) is 56.5 Å². The monoisotopic (exact) mass is 430 g/mol. The largest absolute Gasteiger partial charge is 0.351 e. The molecule has 2 aliphatic rings. The molecule has 2 fully saturated rings. The number of halogens is 2. The van der Waals surface area contributed by atoms with Gasteiger partial charge in [-0.25, -0.2) is 0 Å². The van der Waals surface area contributed by atoms with Gasteiger partial charge >= 0.3 is 0 Å². The molecule has 1 saturated carbocycles. The maximum Gasteiger partial charge on any atom is 0.251 e. The van der Waals surface area contributed by atoms with E-state index in [4.69, 9.17) is 5.73 Å². The van der Waals surface area contributed by atoms with Gasteiger partial charge in [0, 0.05) is 25.2 Å². The summed E-state index contributed by atoms with van der Waals surface area (Å²) >= 11 is 0. The number of amides is 2. The summed E-state index contributed by atoms with van der Waals surface area (Å²) in [5, 5.41) is 5.90. The molecule has 1 aromatic rings. The number of nitrogens with one attached hydrogen (secondary N) is 2. The summed E-state index contributed by atoms with van der Waals surface area (Å²) in [7, 11) is 0. The Bertz CT molecular complexity index is 628. The molecule has 0 unspecified atom stereocenters. The number of benzene rings is 1. The Balaban J connectivity index is 0.00000196. The van der Waals surface area contributed by atoms with Crippen LogP contribution in [0.3, 0.4) is 0 Å². The fourth-order valence-electron chi connectivity index (χ4n) is 3.80. The summed E-state index contributed by atoms with van der Waals surface area (Å²) in [6.45, 7) is 4.31. The van der Waals surface area contributed by atoms with Gasteiger partial charge in [0.25, 0.3) is 5.91 Å². The highest BCUT2D eigenvalue weighted by molar-refractivity contribution is 5.94. The second-order valence-electron chi connectivity index (χ2n) is 7.55. The van der Waals surface area contributed by atoms with E-state index in [1.54, 1.807) is 12.1 Å². The van der Waals surface area contributed by atoms with Crippen LogP contribution in [0.2, 0.25) is 0 Å². The number of rotatable bonds is 7.